The second kappa shape index (κ2) is 9.05. The zero-order chi connectivity index (χ0) is 28.6. The van der Waals surface area contributed by atoms with E-state index in [0.717, 1.165) is 28.5 Å². The number of amides is 1. The maximum atomic E-state index is 13.7. The van der Waals surface area contributed by atoms with Gasteiger partial charge in [-0.1, -0.05) is 29.8 Å². The molecule has 2 fully saturated rings. The van der Waals surface area contributed by atoms with Gasteiger partial charge in [0.1, 0.15) is 11.8 Å². The van der Waals surface area contributed by atoms with Crippen LogP contribution in [-0.4, -0.2) is 44.4 Å². The minimum Gasteiger partial charge on any atom is -0.474 e. The lowest BCUT2D eigenvalue weighted by molar-refractivity contribution is -0.136. The molecule has 7 nitrogen and oxygen atoms in total. The Hall–Kier alpha value is -3.92. The highest BCUT2D eigenvalue weighted by atomic mass is 19.4. The molecule has 3 atom stereocenters. The van der Waals surface area contributed by atoms with Gasteiger partial charge in [-0.15, -0.1) is 0 Å². The molecule has 4 heterocycles. The fourth-order valence-corrected chi connectivity index (χ4v) is 5.49. The second-order valence-electron chi connectivity index (χ2n) is 11.5. The van der Waals surface area contributed by atoms with Crippen molar-refractivity contribution < 1.29 is 22.7 Å². The van der Waals surface area contributed by atoms with Crippen molar-refractivity contribution in [3.05, 3.63) is 82.8 Å². The van der Waals surface area contributed by atoms with Crippen LogP contribution < -0.4 is 10.5 Å². The molecule has 0 spiro atoms. The highest BCUT2D eigenvalue weighted by Gasteiger charge is 2.59. The van der Waals surface area contributed by atoms with Crippen molar-refractivity contribution in [3.63, 3.8) is 0 Å². The summed E-state index contributed by atoms with van der Waals surface area (Å²) >= 11 is 0. The van der Waals surface area contributed by atoms with Gasteiger partial charge in [0.15, 0.2) is 0 Å². The number of carbonyl (C=O) groups is 1. The van der Waals surface area contributed by atoms with Crippen LogP contribution in [0.1, 0.15) is 46.6 Å². The number of nitrogens with two attached hydrogens (primary N) is 1. The number of hydrogen-bond acceptors (Lipinski definition) is 5. The minimum absolute atomic E-state index is 0.0155. The predicted molar refractivity (Wildman–Crippen MR) is 144 cm³/mol. The first kappa shape index (κ1) is 26.3. The van der Waals surface area contributed by atoms with Crippen molar-refractivity contribution in [1.29, 1.82) is 0 Å². The Kier molecular flexibility index (Phi) is 5.96. The molecule has 2 aliphatic rings. The molecule has 1 aliphatic carbocycles. The lowest BCUT2D eigenvalue weighted by atomic mass is 9.94. The van der Waals surface area contributed by atoms with Gasteiger partial charge < -0.3 is 19.8 Å². The molecule has 0 radical (unpaired) electrons. The van der Waals surface area contributed by atoms with Crippen molar-refractivity contribution >= 4 is 11.6 Å². The molecule has 2 N–H and O–H groups in total. The van der Waals surface area contributed by atoms with Crippen LogP contribution in [-0.2, 0) is 11.7 Å². The first-order chi connectivity index (χ1) is 18.8. The molecule has 3 aromatic heterocycles. The van der Waals surface area contributed by atoms with Gasteiger partial charge >= 0.3 is 6.18 Å². The number of aromatic nitrogens is 3. The Labute approximate surface area is 229 Å². The fourth-order valence-electron chi connectivity index (χ4n) is 5.49. The van der Waals surface area contributed by atoms with Crippen LogP contribution in [0.4, 0.5) is 13.2 Å². The van der Waals surface area contributed by atoms with E-state index in [1.807, 2.05) is 57.2 Å². The molecule has 1 saturated carbocycles. The molecule has 1 unspecified atom stereocenters. The normalized spacial score (nSPS) is 20.6. The number of pyridine rings is 2. The summed E-state index contributed by atoms with van der Waals surface area (Å²) < 4.78 is 48.8. The lowest BCUT2D eigenvalue weighted by Crippen LogP contribution is -2.33. The quantitative estimate of drug-likeness (QED) is 0.362. The Bertz CT molecular complexity index is 1610. The van der Waals surface area contributed by atoms with Gasteiger partial charge in [-0.2, -0.15) is 13.2 Å². The number of ether oxygens (including phenoxy) is 1. The van der Waals surface area contributed by atoms with Crippen LogP contribution in [0.15, 0.2) is 54.9 Å². The Morgan fingerprint density at radius 1 is 1.00 bits per heavy atom. The van der Waals surface area contributed by atoms with Gasteiger partial charge in [-0.3, -0.25) is 4.79 Å². The standard InChI is InChI=1S/C30H30F3N5O2/c1-16-5-7-18(8-6-16)24-10-20(29(3,4)34)11-25(36-24)40-26-21-14-38(15-22(21)26)28(39)19-9-23(30(31,32)33)27-35-17(2)12-37(27)13-19/h5-13,21-22,26H,14-15,34H2,1-4H3/t21-,22+,26?. The number of hydrogen-bond donors (Lipinski definition) is 1. The third-order valence-electron chi connectivity index (χ3n) is 7.78. The van der Waals surface area contributed by atoms with E-state index in [0.29, 0.717) is 24.7 Å². The zero-order valence-corrected chi connectivity index (χ0v) is 22.7. The van der Waals surface area contributed by atoms with E-state index in [1.165, 1.54) is 16.8 Å². The molecule has 40 heavy (non-hydrogen) atoms. The summed E-state index contributed by atoms with van der Waals surface area (Å²) in [5, 5.41) is 0. The summed E-state index contributed by atoms with van der Waals surface area (Å²) in [5.74, 6) is 0.213. The van der Waals surface area contributed by atoms with Crippen molar-refractivity contribution in [3.8, 4) is 17.1 Å². The molecule has 6 rings (SSSR count). The summed E-state index contributed by atoms with van der Waals surface area (Å²) in [7, 11) is 0. The number of likely N-dealkylation sites (tertiary alicyclic amines) is 1. The van der Waals surface area contributed by atoms with Gasteiger partial charge in [0, 0.05) is 54.5 Å². The Morgan fingerprint density at radius 3 is 2.30 bits per heavy atom. The van der Waals surface area contributed by atoms with E-state index in [1.54, 1.807) is 11.8 Å². The van der Waals surface area contributed by atoms with E-state index in [-0.39, 0.29) is 29.2 Å². The predicted octanol–water partition coefficient (Wildman–Crippen LogP) is 5.38. The van der Waals surface area contributed by atoms with E-state index < -0.39 is 23.2 Å². The first-order valence-electron chi connectivity index (χ1n) is 13.2. The molecule has 4 aromatic rings. The van der Waals surface area contributed by atoms with Gasteiger partial charge in [0.05, 0.1) is 22.5 Å². The second-order valence-corrected chi connectivity index (χ2v) is 11.5. The number of rotatable bonds is 5. The molecule has 1 saturated heterocycles. The smallest absolute Gasteiger partial charge is 0.420 e. The maximum Gasteiger partial charge on any atom is 0.420 e. The van der Waals surface area contributed by atoms with Crippen LogP contribution in [0.5, 0.6) is 5.88 Å². The molecule has 1 amide bonds. The van der Waals surface area contributed by atoms with Crippen LogP contribution >= 0.6 is 0 Å². The van der Waals surface area contributed by atoms with Crippen LogP contribution in [0, 0.1) is 25.7 Å². The molecular formula is C30H30F3N5O2. The van der Waals surface area contributed by atoms with Crippen molar-refractivity contribution in [2.24, 2.45) is 17.6 Å². The largest absolute Gasteiger partial charge is 0.474 e. The lowest BCUT2D eigenvalue weighted by Gasteiger charge is -2.23. The van der Waals surface area contributed by atoms with Crippen molar-refractivity contribution in [2.75, 3.05) is 13.1 Å². The average molecular weight is 550 g/mol. The van der Waals surface area contributed by atoms with E-state index in [4.69, 9.17) is 15.5 Å². The monoisotopic (exact) mass is 549 g/mol. The third kappa shape index (κ3) is 4.81. The summed E-state index contributed by atoms with van der Waals surface area (Å²) in [5.41, 5.74) is 8.86. The van der Waals surface area contributed by atoms with E-state index in [9.17, 15) is 18.0 Å². The SMILES string of the molecule is Cc1ccc(-c2cc(C(C)(C)N)cc(OC3[C@H]4CN(C(=O)c5cc(C(F)(F)F)c6nc(C)cn6c5)C[C@@H]34)n2)cc1. The number of halogens is 3. The van der Waals surface area contributed by atoms with Gasteiger partial charge in [0.25, 0.3) is 5.91 Å². The number of fused-ring (bicyclic) bond motifs is 2. The zero-order valence-electron chi connectivity index (χ0n) is 22.7. The molecule has 0 bridgehead atoms. The van der Waals surface area contributed by atoms with Gasteiger partial charge in [0.2, 0.25) is 5.88 Å². The Balaban J connectivity index is 1.19. The van der Waals surface area contributed by atoms with E-state index in [2.05, 4.69) is 4.98 Å². The maximum absolute atomic E-state index is 13.7. The number of nitrogens with zero attached hydrogens (tertiary/aromatic N) is 4. The van der Waals surface area contributed by atoms with Crippen LogP contribution in [0.2, 0.25) is 0 Å². The average Bonchev–Trinajstić information content (AvgIpc) is 3.19. The number of piperidine rings is 1. The topological polar surface area (TPSA) is 85.8 Å². The number of benzene rings is 1. The van der Waals surface area contributed by atoms with Crippen molar-refractivity contribution in [1.82, 2.24) is 19.3 Å². The molecule has 10 heteroatoms. The minimum atomic E-state index is -4.63. The molecule has 1 aliphatic heterocycles. The van der Waals surface area contributed by atoms with Crippen LogP contribution in [0.3, 0.4) is 0 Å². The summed E-state index contributed by atoms with van der Waals surface area (Å²) in [6.07, 6.45) is -1.84. The first-order valence-corrected chi connectivity index (χ1v) is 13.2. The molecule has 208 valence electrons. The summed E-state index contributed by atoms with van der Waals surface area (Å²) in [4.78, 5) is 23.6. The van der Waals surface area contributed by atoms with Gasteiger partial charge in [-0.25, -0.2) is 9.97 Å². The summed E-state index contributed by atoms with van der Waals surface area (Å²) in [6, 6.07) is 12.8. The third-order valence-corrected chi connectivity index (χ3v) is 7.78. The highest BCUT2D eigenvalue weighted by molar-refractivity contribution is 5.95. The van der Waals surface area contributed by atoms with Gasteiger partial charge in [-0.05, 0) is 45.4 Å². The number of imidazole rings is 1. The highest BCUT2D eigenvalue weighted by Crippen LogP contribution is 2.48. The van der Waals surface area contributed by atoms with Crippen LogP contribution in [0.25, 0.3) is 16.9 Å². The number of alkyl halides is 3. The molecular weight excluding hydrogens is 519 g/mol. The molecule has 1 aromatic carbocycles. The van der Waals surface area contributed by atoms with E-state index >= 15 is 0 Å². The number of aryl methyl sites for hydroxylation is 2. The summed E-state index contributed by atoms with van der Waals surface area (Å²) in [6.45, 7) is 8.30. The Morgan fingerprint density at radius 2 is 1.68 bits per heavy atom. The number of carbonyl (C=O) groups excluding carboxylic acids is 1. The fraction of sp³-hybridized carbons (Fsp3) is 0.367. The van der Waals surface area contributed by atoms with Crippen molar-refractivity contribution in [2.45, 2.75) is 45.5 Å².